The number of rotatable bonds is 7. The molecule has 0 fully saturated rings. The van der Waals surface area contributed by atoms with E-state index in [0.717, 1.165) is 37.6 Å². The van der Waals surface area contributed by atoms with Gasteiger partial charge in [-0.1, -0.05) is 66.4 Å². The Labute approximate surface area is 195 Å². The molecule has 2 amide bonds. The summed E-state index contributed by atoms with van der Waals surface area (Å²) in [6.07, 6.45) is 0.201. The van der Waals surface area contributed by atoms with Gasteiger partial charge in [-0.25, -0.2) is 4.98 Å². The van der Waals surface area contributed by atoms with Crippen LogP contribution in [0.1, 0.15) is 16.8 Å². The standard InChI is InChI=1S/C25H23N3O2S2/c1-16-7-5-8-17(2)24(16)28-22(29)13-19-14-31-25(26-19)32-15-23(30)27-21-12-6-10-18-9-3-4-11-20(18)21/h3-12,14H,13,15H2,1-2H3,(H,27,30)(H,28,29). The van der Waals surface area contributed by atoms with Gasteiger partial charge in [0, 0.05) is 22.1 Å². The van der Waals surface area contributed by atoms with Gasteiger partial charge in [0.25, 0.3) is 0 Å². The molecule has 0 radical (unpaired) electrons. The third-order valence-corrected chi connectivity index (χ3v) is 7.08. The van der Waals surface area contributed by atoms with Crippen molar-refractivity contribution in [2.24, 2.45) is 0 Å². The van der Waals surface area contributed by atoms with Crippen LogP contribution in [0.4, 0.5) is 11.4 Å². The molecule has 4 rings (SSSR count). The Hall–Kier alpha value is -3.16. The van der Waals surface area contributed by atoms with E-state index in [1.807, 2.05) is 79.9 Å². The number of anilines is 2. The first-order valence-corrected chi connectivity index (χ1v) is 12.1. The molecule has 3 aromatic carbocycles. The van der Waals surface area contributed by atoms with Crippen LogP contribution in [0.15, 0.2) is 70.4 Å². The predicted octanol–water partition coefficient (Wildman–Crippen LogP) is 5.83. The number of para-hydroxylation sites is 1. The van der Waals surface area contributed by atoms with E-state index in [1.54, 1.807) is 0 Å². The quantitative estimate of drug-likeness (QED) is 0.340. The summed E-state index contributed by atoms with van der Waals surface area (Å²) in [5.41, 5.74) is 4.43. The Morgan fingerprint density at radius 3 is 2.44 bits per heavy atom. The number of carbonyl (C=O) groups excluding carboxylic acids is 2. The molecule has 32 heavy (non-hydrogen) atoms. The van der Waals surface area contributed by atoms with E-state index in [4.69, 9.17) is 0 Å². The Morgan fingerprint density at radius 1 is 0.906 bits per heavy atom. The number of nitrogens with one attached hydrogen (secondary N) is 2. The number of thioether (sulfide) groups is 1. The highest BCUT2D eigenvalue weighted by Gasteiger charge is 2.12. The summed E-state index contributed by atoms with van der Waals surface area (Å²) in [5, 5.41) is 9.94. The van der Waals surface area contributed by atoms with Gasteiger partial charge in [0.1, 0.15) is 0 Å². The van der Waals surface area contributed by atoms with E-state index >= 15 is 0 Å². The van der Waals surface area contributed by atoms with Crippen LogP contribution in [-0.2, 0) is 16.0 Å². The Kier molecular flexibility index (Phi) is 6.87. The van der Waals surface area contributed by atoms with Crippen LogP contribution in [0.25, 0.3) is 10.8 Å². The van der Waals surface area contributed by atoms with Gasteiger partial charge in [0.15, 0.2) is 4.34 Å². The van der Waals surface area contributed by atoms with Crippen molar-refractivity contribution in [2.45, 2.75) is 24.6 Å². The number of hydrogen-bond donors (Lipinski definition) is 2. The average molecular weight is 462 g/mol. The van der Waals surface area contributed by atoms with Crippen LogP contribution in [0.5, 0.6) is 0 Å². The second kappa shape index (κ2) is 9.97. The van der Waals surface area contributed by atoms with Gasteiger partial charge < -0.3 is 10.6 Å². The minimum Gasteiger partial charge on any atom is -0.325 e. The fraction of sp³-hybridized carbons (Fsp3) is 0.160. The van der Waals surface area contributed by atoms with Gasteiger partial charge >= 0.3 is 0 Å². The average Bonchev–Trinajstić information content (AvgIpc) is 3.22. The van der Waals surface area contributed by atoms with Gasteiger partial charge in [-0.2, -0.15) is 0 Å². The minimum atomic E-state index is -0.0991. The molecule has 2 N–H and O–H groups in total. The molecule has 0 aliphatic rings. The van der Waals surface area contributed by atoms with E-state index in [1.165, 1.54) is 23.1 Å². The van der Waals surface area contributed by atoms with Gasteiger partial charge in [0.05, 0.1) is 17.9 Å². The number of thiazole rings is 1. The van der Waals surface area contributed by atoms with Gasteiger partial charge in [-0.05, 0) is 36.4 Å². The lowest BCUT2D eigenvalue weighted by atomic mass is 10.1. The molecular formula is C25H23N3O2S2. The number of nitrogens with zero attached hydrogens (tertiary/aromatic N) is 1. The van der Waals surface area contributed by atoms with Crippen LogP contribution in [0.3, 0.4) is 0 Å². The summed E-state index contributed by atoms with van der Waals surface area (Å²) >= 11 is 2.82. The second-order valence-electron chi connectivity index (χ2n) is 7.46. The van der Waals surface area contributed by atoms with Crippen LogP contribution in [0.2, 0.25) is 0 Å². The highest BCUT2D eigenvalue weighted by molar-refractivity contribution is 8.01. The van der Waals surface area contributed by atoms with Crippen molar-refractivity contribution in [3.8, 4) is 0 Å². The van der Waals surface area contributed by atoms with Crippen molar-refractivity contribution >= 4 is 57.1 Å². The lowest BCUT2D eigenvalue weighted by Crippen LogP contribution is -2.16. The van der Waals surface area contributed by atoms with Gasteiger partial charge in [-0.3, -0.25) is 9.59 Å². The summed E-state index contributed by atoms with van der Waals surface area (Å²) < 4.78 is 0.771. The summed E-state index contributed by atoms with van der Waals surface area (Å²) in [4.78, 5) is 29.4. The minimum absolute atomic E-state index is 0.0872. The number of hydrogen-bond acceptors (Lipinski definition) is 5. The van der Waals surface area contributed by atoms with Crippen molar-refractivity contribution < 1.29 is 9.59 Å². The van der Waals surface area contributed by atoms with Crippen LogP contribution in [0, 0.1) is 13.8 Å². The predicted molar refractivity (Wildman–Crippen MR) is 134 cm³/mol. The monoisotopic (exact) mass is 461 g/mol. The second-order valence-corrected chi connectivity index (χ2v) is 9.54. The van der Waals surface area contributed by atoms with Gasteiger partial charge in [-0.15, -0.1) is 11.3 Å². The highest BCUT2D eigenvalue weighted by atomic mass is 32.2. The molecular weight excluding hydrogens is 438 g/mol. The maximum absolute atomic E-state index is 12.5. The summed E-state index contributed by atoms with van der Waals surface area (Å²) in [6, 6.07) is 19.7. The zero-order valence-electron chi connectivity index (χ0n) is 17.8. The maximum atomic E-state index is 12.5. The summed E-state index contributed by atoms with van der Waals surface area (Å²) in [6.45, 7) is 3.95. The molecule has 0 saturated carbocycles. The van der Waals surface area contributed by atoms with Crippen LogP contribution in [-0.4, -0.2) is 22.6 Å². The number of aryl methyl sites for hydroxylation is 2. The van der Waals surface area contributed by atoms with E-state index in [9.17, 15) is 9.59 Å². The molecule has 4 aromatic rings. The molecule has 5 nitrogen and oxygen atoms in total. The molecule has 1 heterocycles. The first kappa shape index (κ1) is 22.0. The van der Waals surface area contributed by atoms with E-state index in [0.29, 0.717) is 5.69 Å². The van der Waals surface area contributed by atoms with Crippen molar-refractivity contribution in [3.63, 3.8) is 0 Å². The largest absolute Gasteiger partial charge is 0.325 e. The first-order chi connectivity index (χ1) is 15.5. The smallest absolute Gasteiger partial charge is 0.234 e. The molecule has 162 valence electrons. The Balaban J connectivity index is 1.31. The van der Waals surface area contributed by atoms with Crippen LogP contribution >= 0.6 is 23.1 Å². The number of amides is 2. The molecule has 0 aliphatic carbocycles. The fourth-order valence-electron chi connectivity index (χ4n) is 3.44. The Morgan fingerprint density at radius 2 is 1.62 bits per heavy atom. The zero-order chi connectivity index (χ0) is 22.5. The zero-order valence-corrected chi connectivity index (χ0v) is 19.5. The third-order valence-electron chi connectivity index (χ3n) is 5.01. The van der Waals surface area contributed by atoms with Crippen molar-refractivity contribution in [1.29, 1.82) is 0 Å². The Bertz CT molecular complexity index is 1260. The SMILES string of the molecule is Cc1cccc(C)c1NC(=O)Cc1csc(SCC(=O)Nc2cccc3ccccc23)n1. The van der Waals surface area contributed by atoms with Crippen molar-refractivity contribution in [3.05, 3.63) is 82.9 Å². The van der Waals surface area contributed by atoms with E-state index in [-0.39, 0.29) is 24.0 Å². The molecule has 0 bridgehead atoms. The maximum Gasteiger partial charge on any atom is 0.234 e. The molecule has 1 aromatic heterocycles. The number of benzene rings is 3. The lowest BCUT2D eigenvalue weighted by molar-refractivity contribution is -0.116. The first-order valence-electron chi connectivity index (χ1n) is 10.2. The molecule has 7 heteroatoms. The van der Waals surface area contributed by atoms with Crippen molar-refractivity contribution in [2.75, 3.05) is 16.4 Å². The third kappa shape index (κ3) is 5.36. The normalized spacial score (nSPS) is 10.8. The lowest BCUT2D eigenvalue weighted by Gasteiger charge is -2.10. The van der Waals surface area contributed by atoms with Gasteiger partial charge in [0.2, 0.25) is 11.8 Å². The summed E-state index contributed by atoms with van der Waals surface area (Å²) in [5.74, 6) is 0.0685. The highest BCUT2D eigenvalue weighted by Crippen LogP contribution is 2.26. The molecule has 0 spiro atoms. The molecule has 0 atom stereocenters. The summed E-state index contributed by atoms with van der Waals surface area (Å²) in [7, 11) is 0. The van der Waals surface area contributed by atoms with Crippen LogP contribution < -0.4 is 10.6 Å². The number of aromatic nitrogens is 1. The fourth-order valence-corrected chi connectivity index (χ4v) is 5.09. The molecule has 0 aliphatic heterocycles. The van der Waals surface area contributed by atoms with E-state index in [2.05, 4.69) is 15.6 Å². The van der Waals surface area contributed by atoms with Crippen molar-refractivity contribution in [1.82, 2.24) is 4.98 Å². The van der Waals surface area contributed by atoms with E-state index < -0.39 is 0 Å². The number of fused-ring (bicyclic) bond motifs is 1. The topological polar surface area (TPSA) is 71.1 Å². The molecule has 0 saturated heterocycles. The molecule has 0 unspecified atom stereocenters. The number of carbonyl (C=O) groups is 2.